The number of likely N-dealkylation sites (tertiary alicyclic amines) is 1. The summed E-state index contributed by atoms with van der Waals surface area (Å²) in [5.41, 5.74) is 11.4. The Labute approximate surface area is 186 Å². The van der Waals surface area contributed by atoms with Crippen molar-refractivity contribution >= 4 is 29.7 Å². The molecule has 2 atom stereocenters. The number of hydrogen-bond donors (Lipinski definition) is 5. The van der Waals surface area contributed by atoms with Crippen LogP contribution in [0.5, 0.6) is 0 Å². The van der Waals surface area contributed by atoms with Crippen LogP contribution in [0.4, 0.5) is 0 Å². The van der Waals surface area contributed by atoms with E-state index in [-0.39, 0.29) is 24.8 Å². The molecule has 1 saturated heterocycles. The number of carbonyl (C=O) groups is 4. The van der Waals surface area contributed by atoms with E-state index in [1.807, 2.05) is 30.3 Å². The van der Waals surface area contributed by atoms with E-state index < -0.39 is 36.3 Å². The van der Waals surface area contributed by atoms with E-state index in [2.05, 4.69) is 15.6 Å². The summed E-state index contributed by atoms with van der Waals surface area (Å²) in [4.78, 5) is 54.4. The minimum atomic E-state index is -1.25. The Morgan fingerprint density at radius 1 is 1.19 bits per heavy atom. The molecule has 1 aromatic rings. The lowest BCUT2D eigenvalue weighted by Crippen LogP contribution is -2.53. The average Bonchev–Trinajstić information content (AvgIpc) is 3.25. The molecular formula is C21H30N6O5. The third-order valence-electron chi connectivity index (χ3n) is 5.04. The number of aliphatic carboxylic acids is 1. The lowest BCUT2D eigenvalue weighted by Gasteiger charge is -2.26. The molecule has 0 aliphatic carbocycles. The van der Waals surface area contributed by atoms with E-state index in [1.165, 1.54) is 4.90 Å². The number of carbonyl (C=O) groups excluding carboxylic acids is 3. The first kappa shape index (κ1) is 24.6. The Hall–Kier alpha value is -3.63. The molecular weight excluding hydrogens is 416 g/mol. The van der Waals surface area contributed by atoms with E-state index >= 15 is 0 Å². The Morgan fingerprint density at radius 2 is 1.91 bits per heavy atom. The molecule has 174 valence electrons. The van der Waals surface area contributed by atoms with Crippen LogP contribution in [0.2, 0.25) is 0 Å². The molecule has 0 unspecified atom stereocenters. The van der Waals surface area contributed by atoms with Crippen LogP contribution in [0.1, 0.15) is 37.7 Å². The van der Waals surface area contributed by atoms with Gasteiger partial charge in [0.15, 0.2) is 5.96 Å². The first-order chi connectivity index (χ1) is 15.3. The van der Waals surface area contributed by atoms with Crippen LogP contribution in [0.25, 0.3) is 0 Å². The van der Waals surface area contributed by atoms with Crippen molar-refractivity contribution in [2.24, 2.45) is 16.5 Å². The van der Waals surface area contributed by atoms with Gasteiger partial charge in [0.2, 0.25) is 17.7 Å². The highest BCUT2D eigenvalue weighted by Crippen LogP contribution is 2.19. The Bertz CT molecular complexity index is 840. The zero-order valence-corrected chi connectivity index (χ0v) is 17.8. The highest BCUT2D eigenvalue weighted by Gasteiger charge is 2.35. The van der Waals surface area contributed by atoms with E-state index in [0.717, 1.165) is 5.56 Å². The number of hydrogen-bond acceptors (Lipinski definition) is 5. The number of nitrogens with zero attached hydrogens (tertiary/aromatic N) is 2. The van der Waals surface area contributed by atoms with Crippen LogP contribution in [0.3, 0.4) is 0 Å². The van der Waals surface area contributed by atoms with Crippen molar-refractivity contribution in [1.82, 2.24) is 15.5 Å². The maximum Gasteiger partial charge on any atom is 0.305 e. The summed E-state index contributed by atoms with van der Waals surface area (Å²) in [5, 5.41) is 14.3. The van der Waals surface area contributed by atoms with Crippen LogP contribution < -0.4 is 22.1 Å². The SMILES string of the molecule is NC(N)=NCCCC(=O)N1CCC[C@@H]1C(=O)N[C@@H](CC(=O)O)C(=O)NCc1ccccc1. The molecule has 11 heteroatoms. The van der Waals surface area contributed by atoms with Gasteiger partial charge < -0.3 is 32.1 Å². The first-order valence-electron chi connectivity index (χ1n) is 10.5. The summed E-state index contributed by atoms with van der Waals surface area (Å²) in [6.45, 7) is 0.930. The van der Waals surface area contributed by atoms with E-state index in [9.17, 15) is 24.3 Å². The fourth-order valence-electron chi connectivity index (χ4n) is 3.48. The molecule has 32 heavy (non-hydrogen) atoms. The van der Waals surface area contributed by atoms with Gasteiger partial charge in [-0.1, -0.05) is 30.3 Å². The maximum atomic E-state index is 12.8. The van der Waals surface area contributed by atoms with Crippen molar-refractivity contribution in [1.29, 1.82) is 0 Å². The maximum absolute atomic E-state index is 12.8. The molecule has 7 N–H and O–H groups in total. The number of aliphatic imine (C=N–C) groups is 1. The van der Waals surface area contributed by atoms with Gasteiger partial charge in [-0.05, 0) is 24.8 Å². The Kier molecular flexibility index (Phi) is 9.45. The standard InChI is InChI=1S/C21H30N6O5/c22-21(23)24-10-4-9-17(28)27-11-5-8-16(27)20(32)26-15(12-18(29)30)19(31)25-13-14-6-2-1-3-7-14/h1-3,6-7,15-16H,4-5,8-13H2,(H,25,31)(H,26,32)(H,29,30)(H4,22,23,24)/t15-,16+/m0/s1. The second-order valence-corrected chi connectivity index (χ2v) is 7.52. The fraction of sp³-hybridized carbons (Fsp3) is 0.476. The van der Waals surface area contributed by atoms with Gasteiger partial charge in [-0.25, -0.2) is 0 Å². The van der Waals surface area contributed by atoms with Crippen molar-refractivity contribution < 1.29 is 24.3 Å². The fourth-order valence-corrected chi connectivity index (χ4v) is 3.48. The zero-order chi connectivity index (χ0) is 23.5. The summed E-state index contributed by atoms with van der Waals surface area (Å²) in [6.07, 6.45) is 1.13. The number of carboxylic acids is 1. The van der Waals surface area contributed by atoms with Crippen molar-refractivity contribution in [3.8, 4) is 0 Å². The molecule has 1 fully saturated rings. The molecule has 1 aromatic carbocycles. The molecule has 0 aromatic heterocycles. The Morgan fingerprint density at radius 3 is 2.56 bits per heavy atom. The first-order valence-corrected chi connectivity index (χ1v) is 10.5. The van der Waals surface area contributed by atoms with Gasteiger partial charge in [0.05, 0.1) is 6.42 Å². The molecule has 0 bridgehead atoms. The van der Waals surface area contributed by atoms with Gasteiger partial charge >= 0.3 is 5.97 Å². The number of carboxylic acid groups (broad SMARTS) is 1. The molecule has 1 aliphatic heterocycles. The van der Waals surface area contributed by atoms with Crippen LogP contribution in [-0.2, 0) is 25.7 Å². The third-order valence-corrected chi connectivity index (χ3v) is 5.04. The zero-order valence-electron chi connectivity index (χ0n) is 17.8. The second kappa shape index (κ2) is 12.3. The molecule has 2 rings (SSSR count). The predicted molar refractivity (Wildman–Crippen MR) is 117 cm³/mol. The van der Waals surface area contributed by atoms with Crippen molar-refractivity contribution in [3.05, 3.63) is 35.9 Å². The lowest BCUT2D eigenvalue weighted by molar-refractivity contribution is -0.142. The number of benzene rings is 1. The van der Waals surface area contributed by atoms with Gasteiger partial charge in [0, 0.05) is 26.1 Å². The van der Waals surface area contributed by atoms with E-state index in [1.54, 1.807) is 0 Å². The summed E-state index contributed by atoms with van der Waals surface area (Å²) >= 11 is 0. The molecule has 0 saturated carbocycles. The monoisotopic (exact) mass is 446 g/mol. The highest BCUT2D eigenvalue weighted by molar-refractivity contribution is 5.94. The van der Waals surface area contributed by atoms with E-state index in [4.69, 9.17) is 11.5 Å². The Balaban J connectivity index is 1.95. The number of nitrogens with one attached hydrogen (secondary N) is 2. The number of rotatable bonds is 11. The molecule has 0 spiro atoms. The third kappa shape index (κ3) is 7.89. The van der Waals surface area contributed by atoms with Crippen molar-refractivity contribution in [2.45, 2.75) is 50.7 Å². The lowest BCUT2D eigenvalue weighted by atomic mass is 10.1. The summed E-state index contributed by atoms with van der Waals surface area (Å²) in [7, 11) is 0. The summed E-state index contributed by atoms with van der Waals surface area (Å²) < 4.78 is 0. The van der Waals surface area contributed by atoms with E-state index in [0.29, 0.717) is 32.4 Å². The van der Waals surface area contributed by atoms with Crippen molar-refractivity contribution in [3.63, 3.8) is 0 Å². The van der Waals surface area contributed by atoms with Gasteiger partial charge in [-0.15, -0.1) is 0 Å². The summed E-state index contributed by atoms with van der Waals surface area (Å²) in [5.74, 6) is -2.62. The largest absolute Gasteiger partial charge is 0.481 e. The van der Waals surface area contributed by atoms with Gasteiger partial charge in [0.25, 0.3) is 0 Å². The van der Waals surface area contributed by atoms with Crippen LogP contribution in [0.15, 0.2) is 35.3 Å². The normalized spacial score (nSPS) is 16.1. The smallest absolute Gasteiger partial charge is 0.305 e. The van der Waals surface area contributed by atoms with Gasteiger partial charge in [-0.3, -0.25) is 24.2 Å². The highest BCUT2D eigenvalue weighted by atomic mass is 16.4. The van der Waals surface area contributed by atoms with Crippen LogP contribution in [-0.4, -0.2) is 64.8 Å². The average molecular weight is 447 g/mol. The van der Waals surface area contributed by atoms with Crippen molar-refractivity contribution in [2.75, 3.05) is 13.1 Å². The molecule has 1 heterocycles. The molecule has 1 aliphatic rings. The van der Waals surface area contributed by atoms with Crippen LogP contribution >= 0.6 is 0 Å². The minimum absolute atomic E-state index is 0.0501. The van der Waals surface area contributed by atoms with Crippen LogP contribution in [0, 0.1) is 0 Å². The summed E-state index contributed by atoms with van der Waals surface area (Å²) in [6, 6.07) is 7.13. The molecule has 3 amide bonds. The number of amides is 3. The van der Waals surface area contributed by atoms with Gasteiger partial charge in [-0.2, -0.15) is 0 Å². The van der Waals surface area contributed by atoms with Gasteiger partial charge in [0.1, 0.15) is 12.1 Å². The quantitative estimate of drug-likeness (QED) is 0.169. The molecule has 11 nitrogen and oxygen atoms in total. The molecule has 0 radical (unpaired) electrons. The minimum Gasteiger partial charge on any atom is -0.481 e. The second-order valence-electron chi connectivity index (χ2n) is 7.52. The predicted octanol–water partition coefficient (Wildman–Crippen LogP) is -0.693. The topological polar surface area (TPSA) is 180 Å². The number of guanidine groups is 1. The number of nitrogens with two attached hydrogens (primary N) is 2.